The molecule has 1 saturated heterocycles. The van der Waals surface area contributed by atoms with Crippen LogP contribution in [0.5, 0.6) is 0 Å². The van der Waals surface area contributed by atoms with Gasteiger partial charge in [-0.15, -0.1) is 11.8 Å². The number of hydrogen-bond acceptors (Lipinski definition) is 3. The molecule has 2 rings (SSSR count). The first kappa shape index (κ1) is 13.5. The molecule has 1 aliphatic heterocycles. The van der Waals surface area contributed by atoms with E-state index in [9.17, 15) is 9.59 Å². The van der Waals surface area contributed by atoms with Gasteiger partial charge in [-0.2, -0.15) is 0 Å². The Morgan fingerprint density at radius 3 is 2.72 bits per heavy atom. The van der Waals surface area contributed by atoms with Crippen molar-refractivity contribution < 1.29 is 14.7 Å². The fourth-order valence-corrected chi connectivity index (χ4v) is 3.79. The first-order chi connectivity index (χ1) is 8.52. The summed E-state index contributed by atoms with van der Waals surface area (Å²) < 4.78 is 0. The second kappa shape index (κ2) is 5.38. The third-order valence-electron chi connectivity index (χ3n) is 3.91. The van der Waals surface area contributed by atoms with Crippen molar-refractivity contribution in [3.05, 3.63) is 0 Å². The summed E-state index contributed by atoms with van der Waals surface area (Å²) in [5.74, 6) is 0.0433. The highest BCUT2D eigenvalue weighted by atomic mass is 32.2. The molecule has 1 atom stereocenters. The predicted octanol–water partition coefficient (Wildman–Crippen LogP) is 1.74. The molecule has 6 heteroatoms. The van der Waals surface area contributed by atoms with Crippen LogP contribution in [0.2, 0.25) is 0 Å². The minimum Gasteiger partial charge on any atom is -0.480 e. The first-order valence-electron chi connectivity index (χ1n) is 6.37. The molecule has 2 N–H and O–H groups in total. The Morgan fingerprint density at radius 1 is 1.44 bits per heavy atom. The van der Waals surface area contributed by atoms with Crippen LogP contribution < -0.4 is 5.32 Å². The van der Waals surface area contributed by atoms with Crippen LogP contribution in [0.1, 0.15) is 32.6 Å². The van der Waals surface area contributed by atoms with E-state index in [4.69, 9.17) is 5.11 Å². The highest BCUT2D eigenvalue weighted by Gasteiger charge is 2.36. The van der Waals surface area contributed by atoms with Crippen molar-refractivity contribution in [3.8, 4) is 0 Å². The van der Waals surface area contributed by atoms with Gasteiger partial charge in [-0.3, -0.25) is 0 Å². The smallest absolute Gasteiger partial charge is 0.327 e. The van der Waals surface area contributed by atoms with Gasteiger partial charge < -0.3 is 15.3 Å². The Bertz CT molecular complexity index is 342. The van der Waals surface area contributed by atoms with Gasteiger partial charge in [0.25, 0.3) is 0 Å². The molecule has 0 aromatic heterocycles. The third-order valence-corrected chi connectivity index (χ3v) is 4.92. The normalized spacial score (nSPS) is 26.3. The van der Waals surface area contributed by atoms with Crippen LogP contribution in [0.25, 0.3) is 0 Å². The number of thioether (sulfide) groups is 1. The molecule has 1 aliphatic carbocycles. The van der Waals surface area contributed by atoms with Gasteiger partial charge in [-0.25, -0.2) is 9.59 Å². The molecule has 0 aromatic carbocycles. The lowest BCUT2D eigenvalue weighted by Crippen LogP contribution is -2.48. The van der Waals surface area contributed by atoms with Gasteiger partial charge in [0.1, 0.15) is 6.04 Å². The molecule has 2 aliphatic rings. The molecule has 1 unspecified atom stereocenters. The number of hydrogen-bond donors (Lipinski definition) is 2. The van der Waals surface area contributed by atoms with E-state index in [-0.39, 0.29) is 11.4 Å². The molecule has 0 bridgehead atoms. The number of nitrogens with one attached hydrogen (secondary N) is 1. The number of amides is 2. The minimum atomic E-state index is -0.915. The van der Waals surface area contributed by atoms with Crippen LogP contribution in [-0.4, -0.2) is 46.2 Å². The Kier molecular flexibility index (Phi) is 4.04. The SMILES string of the molecule is CC1(CNC(=O)N2CSCC2C(=O)O)CCCC1. The van der Waals surface area contributed by atoms with Crippen molar-refractivity contribution in [1.29, 1.82) is 0 Å². The molecular formula is C12H20N2O3S. The molecule has 0 radical (unpaired) electrons. The Balaban J connectivity index is 1.86. The molecular weight excluding hydrogens is 252 g/mol. The van der Waals surface area contributed by atoms with Crippen molar-refractivity contribution in [2.75, 3.05) is 18.2 Å². The van der Waals surface area contributed by atoms with Crippen molar-refractivity contribution in [2.45, 2.75) is 38.6 Å². The average molecular weight is 272 g/mol. The number of carboxylic acid groups (broad SMARTS) is 1. The second-order valence-corrected chi connectivity index (χ2v) is 6.50. The largest absolute Gasteiger partial charge is 0.480 e. The monoisotopic (exact) mass is 272 g/mol. The number of carbonyl (C=O) groups is 2. The van der Waals surface area contributed by atoms with Crippen molar-refractivity contribution in [3.63, 3.8) is 0 Å². The van der Waals surface area contributed by atoms with Crippen LogP contribution in [0.15, 0.2) is 0 Å². The Morgan fingerprint density at radius 2 is 2.11 bits per heavy atom. The molecule has 18 heavy (non-hydrogen) atoms. The maximum absolute atomic E-state index is 12.0. The summed E-state index contributed by atoms with van der Waals surface area (Å²) in [5.41, 5.74) is 0.196. The first-order valence-corrected chi connectivity index (χ1v) is 7.52. The van der Waals surface area contributed by atoms with Crippen molar-refractivity contribution >= 4 is 23.8 Å². The number of aliphatic carboxylic acids is 1. The maximum Gasteiger partial charge on any atom is 0.327 e. The lowest BCUT2D eigenvalue weighted by atomic mass is 9.89. The highest BCUT2D eigenvalue weighted by molar-refractivity contribution is 7.99. The van der Waals surface area contributed by atoms with E-state index < -0.39 is 12.0 Å². The van der Waals surface area contributed by atoms with Gasteiger partial charge in [0.2, 0.25) is 0 Å². The van der Waals surface area contributed by atoms with E-state index in [2.05, 4.69) is 12.2 Å². The van der Waals surface area contributed by atoms with E-state index >= 15 is 0 Å². The number of rotatable bonds is 3. The van der Waals surface area contributed by atoms with E-state index in [1.54, 1.807) is 0 Å². The summed E-state index contributed by atoms with van der Waals surface area (Å²) >= 11 is 1.49. The lowest BCUT2D eigenvalue weighted by molar-refractivity contribution is -0.140. The van der Waals surface area contributed by atoms with E-state index in [1.807, 2.05) is 0 Å². The Labute approximate surface area is 111 Å². The lowest BCUT2D eigenvalue weighted by Gasteiger charge is -2.27. The molecule has 1 saturated carbocycles. The zero-order valence-electron chi connectivity index (χ0n) is 10.6. The standard InChI is InChI=1S/C12H20N2O3S/c1-12(4-2-3-5-12)7-13-11(17)14-8-18-6-9(14)10(15)16/h9H,2-8H2,1H3,(H,13,17)(H,15,16). The Hall–Kier alpha value is -0.910. The number of urea groups is 1. The second-order valence-electron chi connectivity index (χ2n) is 5.50. The van der Waals surface area contributed by atoms with Crippen LogP contribution in [0.3, 0.4) is 0 Å². The summed E-state index contributed by atoms with van der Waals surface area (Å²) in [6, 6.07) is -0.910. The van der Waals surface area contributed by atoms with E-state index in [1.165, 1.54) is 29.5 Å². The minimum absolute atomic E-state index is 0.196. The van der Waals surface area contributed by atoms with Crippen molar-refractivity contribution in [2.24, 2.45) is 5.41 Å². The molecule has 5 nitrogen and oxygen atoms in total. The summed E-state index contributed by atoms with van der Waals surface area (Å²) in [4.78, 5) is 24.4. The van der Waals surface area contributed by atoms with Gasteiger partial charge in [-0.1, -0.05) is 19.8 Å². The van der Waals surface area contributed by atoms with Gasteiger partial charge in [0.05, 0.1) is 5.88 Å². The maximum atomic E-state index is 12.0. The van der Waals surface area contributed by atoms with Crippen LogP contribution in [0.4, 0.5) is 4.79 Å². The fraction of sp³-hybridized carbons (Fsp3) is 0.833. The van der Waals surface area contributed by atoms with Crippen LogP contribution in [0, 0.1) is 5.41 Å². The molecule has 0 aromatic rings. The molecule has 2 amide bonds. The summed E-state index contributed by atoms with van der Waals surface area (Å²) in [5, 5.41) is 11.9. The highest BCUT2D eigenvalue weighted by Crippen LogP contribution is 2.36. The van der Waals surface area contributed by atoms with Gasteiger partial charge in [-0.05, 0) is 18.3 Å². The van der Waals surface area contributed by atoms with Crippen LogP contribution >= 0.6 is 11.8 Å². The zero-order chi connectivity index (χ0) is 13.2. The summed E-state index contributed by atoms with van der Waals surface area (Å²) in [7, 11) is 0. The van der Waals surface area contributed by atoms with Gasteiger partial charge >= 0.3 is 12.0 Å². The van der Waals surface area contributed by atoms with E-state index in [0.717, 1.165) is 12.8 Å². The van der Waals surface area contributed by atoms with E-state index in [0.29, 0.717) is 18.2 Å². The third kappa shape index (κ3) is 2.91. The van der Waals surface area contributed by atoms with Crippen molar-refractivity contribution in [1.82, 2.24) is 10.2 Å². The number of carbonyl (C=O) groups excluding carboxylic acids is 1. The molecule has 0 spiro atoms. The predicted molar refractivity (Wildman–Crippen MR) is 70.6 cm³/mol. The average Bonchev–Trinajstić information content (AvgIpc) is 2.95. The zero-order valence-corrected chi connectivity index (χ0v) is 11.5. The topological polar surface area (TPSA) is 69.6 Å². The summed E-state index contributed by atoms with van der Waals surface area (Å²) in [6.45, 7) is 2.84. The molecule has 2 fully saturated rings. The van der Waals surface area contributed by atoms with Crippen LogP contribution in [-0.2, 0) is 4.79 Å². The molecule has 1 heterocycles. The quantitative estimate of drug-likeness (QED) is 0.821. The van der Waals surface area contributed by atoms with Gasteiger partial charge in [0.15, 0.2) is 0 Å². The van der Waals surface area contributed by atoms with Gasteiger partial charge in [0, 0.05) is 12.3 Å². The fourth-order valence-electron chi connectivity index (χ4n) is 2.64. The summed E-state index contributed by atoms with van der Waals surface area (Å²) in [6.07, 6.45) is 4.74. The number of nitrogens with zero attached hydrogens (tertiary/aromatic N) is 1. The molecule has 102 valence electrons. The number of carboxylic acids is 1.